The molecule has 1 amide bonds. The van der Waals surface area contributed by atoms with Crippen molar-refractivity contribution in [3.63, 3.8) is 0 Å². The van der Waals surface area contributed by atoms with Crippen LogP contribution in [0.2, 0.25) is 0 Å². The number of hydrogen-bond acceptors (Lipinski definition) is 5. The maximum atomic E-state index is 12.6. The van der Waals surface area contributed by atoms with Gasteiger partial charge in [0.25, 0.3) is 5.91 Å². The van der Waals surface area contributed by atoms with Gasteiger partial charge in [0, 0.05) is 24.6 Å². The first-order valence-electron chi connectivity index (χ1n) is 8.91. The predicted molar refractivity (Wildman–Crippen MR) is 109 cm³/mol. The number of pyridine rings is 1. The van der Waals surface area contributed by atoms with Crippen molar-refractivity contribution in [3.05, 3.63) is 84.2 Å². The average Bonchev–Trinajstić information content (AvgIpc) is 2.74. The summed E-state index contributed by atoms with van der Waals surface area (Å²) in [7, 11) is 1.92. The minimum absolute atomic E-state index is 0.278. The van der Waals surface area contributed by atoms with E-state index in [0.717, 1.165) is 11.4 Å². The molecule has 0 radical (unpaired) electrons. The summed E-state index contributed by atoms with van der Waals surface area (Å²) in [4.78, 5) is 30.4. The highest BCUT2D eigenvalue weighted by Gasteiger charge is 2.11. The Balaban J connectivity index is 1.72. The molecule has 0 unspecified atom stereocenters. The zero-order chi connectivity index (χ0) is 19.9. The fourth-order valence-electron chi connectivity index (χ4n) is 2.64. The molecule has 0 aliphatic carbocycles. The molecule has 142 valence electrons. The van der Waals surface area contributed by atoms with Crippen molar-refractivity contribution < 1.29 is 14.3 Å². The zero-order valence-corrected chi connectivity index (χ0v) is 15.8. The van der Waals surface area contributed by atoms with Gasteiger partial charge in [0.15, 0.2) is 0 Å². The van der Waals surface area contributed by atoms with Crippen LogP contribution in [-0.2, 0) is 4.74 Å². The van der Waals surface area contributed by atoms with Crippen LogP contribution in [0.25, 0.3) is 0 Å². The minimum atomic E-state index is -0.388. The van der Waals surface area contributed by atoms with Gasteiger partial charge in [-0.3, -0.25) is 9.78 Å². The van der Waals surface area contributed by atoms with Gasteiger partial charge in [-0.15, -0.1) is 0 Å². The van der Waals surface area contributed by atoms with Crippen molar-refractivity contribution in [3.8, 4) is 0 Å². The van der Waals surface area contributed by atoms with Crippen molar-refractivity contribution in [2.75, 3.05) is 23.9 Å². The van der Waals surface area contributed by atoms with Gasteiger partial charge >= 0.3 is 5.97 Å². The third-order valence-electron chi connectivity index (χ3n) is 4.17. The number of carbonyl (C=O) groups excluding carboxylic acids is 2. The van der Waals surface area contributed by atoms with E-state index in [2.05, 4.69) is 10.3 Å². The minimum Gasteiger partial charge on any atom is -0.462 e. The van der Waals surface area contributed by atoms with Crippen molar-refractivity contribution in [1.82, 2.24) is 4.98 Å². The van der Waals surface area contributed by atoms with Crippen molar-refractivity contribution in [2.24, 2.45) is 0 Å². The molecule has 0 aliphatic heterocycles. The lowest BCUT2D eigenvalue weighted by atomic mass is 10.2. The van der Waals surface area contributed by atoms with E-state index in [0.29, 0.717) is 23.4 Å². The first-order valence-corrected chi connectivity index (χ1v) is 8.91. The van der Waals surface area contributed by atoms with E-state index in [1.807, 2.05) is 42.3 Å². The molecule has 6 heteroatoms. The second-order valence-corrected chi connectivity index (χ2v) is 6.08. The van der Waals surface area contributed by atoms with Gasteiger partial charge in [0.2, 0.25) is 0 Å². The molecule has 1 N–H and O–H groups in total. The van der Waals surface area contributed by atoms with Crippen LogP contribution in [0.5, 0.6) is 0 Å². The Morgan fingerprint density at radius 2 is 1.68 bits per heavy atom. The van der Waals surface area contributed by atoms with Crippen LogP contribution < -0.4 is 10.2 Å². The summed E-state index contributed by atoms with van der Waals surface area (Å²) in [6.07, 6.45) is 3.22. The maximum absolute atomic E-state index is 12.6. The van der Waals surface area contributed by atoms with E-state index in [9.17, 15) is 9.59 Å². The summed E-state index contributed by atoms with van der Waals surface area (Å²) < 4.78 is 4.95. The van der Waals surface area contributed by atoms with Gasteiger partial charge in [0.05, 0.1) is 29.6 Å². The monoisotopic (exact) mass is 375 g/mol. The molecule has 3 rings (SSSR count). The maximum Gasteiger partial charge on any atom is 0.338 e. The van der Waals surface area contributed by atoms with E-state index in [4.69, 9.17) is 4.74 Å². The second kappa shape index (κ2) is 8.81. The normalized spacial score (nSPS) is 10.2. The lowest BCUT2D eigenvalue weighted by molar-refractivity contribution is 0.0526. The number of benzene rings is 2. The fourth-order valence-corrected chi connectivity index (χ4v) is 2.64. The molecular formula is C22H21N3O3. The summed E-state index contributed by atoms with van der Waals surface area (Å²) in [6.45, 7) is 2.07. The Kier molecular flexibility index (Phi) is 6.01. The zero-order valence-electron chi connectivity index (χ0n) is 15.8. The number of anilines is 3. The van der Waals surface area contributed by atoms with E-state index < -0.39 is 0 Å². The smallest absolute Gasteiger partial charge is 0.338 e. The Labute approximate surface area is 163 Å². The van der Waals surface area contributed by atoms with E-state index in [1.165, 1.54) is 6.20 Å². The molecule has 1 heterocycles. The molecule has 0 aliphatic rings. The molecule has 1 aromatic heterocycles. The van der Waals surface area contributed by atoms with Crippen LogP contribution >= 0.6 is 0 Å². The highest BCUT2D eigenvalue weighted by atomic mass is 16.5. The molecule has 2 aromatic carbocycles. The average molecular weight is 375 g/mol. The van der Waals surface area contributed by atoms with Gasteiger partial charge < -0.3 is 15.0 Å². The largest absolute Gasteiger partial charge is 0.462 e. The van der Waals surface area contributed by atoms with Crippen LogP contribution in [0.3, 0.4) is 0 Å². The third-order valence-corrected chi connectivity index (χ3v) is 4.17. The molecule has 0 fully saturated rings. The summed E-state index contributed by atoms with van der Waals surface area (Å²) in [5.74, 6) is -0.666. The summed E-state index contributed by atoms with van der Waals surface area (Å²) in [5, 5.41) is 2.81. The van der Waals surface area contributed by atoms with Crippen molar-refractivity contribution >= 4 is 28.9 Å². The second-order valence-electron chi connectivity index (χ2n) is 6.08. The Morgan fingerprint density at radius 1 is 0.964 bits per heavy atom. The van der Waals surface area contributed by atoms with Crippen LogP contribution in [0, 0.1) is 0 Å². The number of rotatable bonds is 6. The number of nitrogens with one attached hydrogen (secondary N) is 1. The van der Waals surface area contributed by atoms with Crippen LogP contribution in [0.4, 0.5) is 17.1 Å². The highest BCUT2D eigenvalue weighted by molar-refractivity contribution is 6.04. The quantitative estimate of drug-likeness (QED) is 0.651. The standard InChI is InChI=1S/C22H21N3O3/c1-3-28-22(27)16-9-11-18(12-10-16)24-21(26)17-13-20(15-23-14-17)25(2)19-7-5-4-6-8-19/h4-15H,3H2,1-2H3,(H,24,26). The van der Waals surface area contributed by atoms with Gasteiger partial charge in [-0.1, -0.05) is 18.2 Å². The van der Waals surface area contributed by atoms with Gasteiger partial charge in [0.1, 0.15) is 0 Å². The summed E-state index contributed by atoms with van der Waals surface area (Å²) in [6, 6.07) is 18.2. The van der Waals surface area contributed by atoms with Gasteiger partial charge in [-0.2, -0.15) is 0 Å². The SMILES string of the molecule is CCOC(=O)c1ccc(NC(=O)c2cncc(N(C)c3ccccc3)c2)cc1. The third kappa shape index (κ3) is 4.54. The molecule has 0 bridgehead atoms. The van der Waals surface area contributed by atoms with Gasteiger partial charge in [-0.05, 0) is 49.4 Å². The molecule has 0 spiro atoms. The molecular weight excluding hydrogens is 354 g/mol. The number of aromatic nitrogens is 1. The number of para-hydroxylation sites is 1. The topological polar surface area (TPSA) is 71.5 Å². The van der Waals surface area contributed by atoms with E-state index >= 15 is 0 Å². The molecule has 0 atom stereocenters. The lowest BCUT2D eigenvalue weighted by Crippen LogP contribution is -2.15. The van der Waals surface area contributed by atoms with Crippen molar-refractivity contribution in [1.29, 1.82) is 0 Å². The summed E-state index contributed by atoms with van der Waals surface area (Å²) in [5.41, 5.74) is 3.26. The van der Waals surface area contributed by atoms with Crippen LogP contribution in [0.1, 0.15) is 27.6 Å². The van der Waals surface area contributed by atoms with E-state index in [1.54, 1.807) is 43.5 Å². The molecule has 6 nitrogen and oxygen atoms in total. The van der Waals surface area contributed by atoms with Crippen LogP contribution in [0.15, 0.2) is 73.1 Å². The first-order chi connectivity index (χ1) is 13.6. The molecule has 3 aromatic rings. The fraction of sp³-hybridized carbons (Fsp3) is 0.136. The number of hydrogen-bond donors (Lipinski definition) is 1. The number of esters is 1. The lowest BCUT2D eigenvalue weighted by Gasteiger charge is -2.19. The predicted octanol–water partition coefficient (Wildman–Crippen LogP) is 4.28. The highest BCUT2D eigenvalue weighted by Crippen LogP contribution is 2.23. The Bertz CT molecular complexity index is 956. The number of carbonyl (C=O) groups is 2. The Hall–Kier alpha value is -3.67. The molecule has 0 saturated carbocycles. The number of amides is 1. The number of ether oxygens (including phenoxy) is 1. The van der Waals surface area contributed by atoms with Crippen molar-refractivity contribution in [2.45, 2.75) is 6.92 Å². The van der Waals surface area contributed by atoms with E-state index in [-0.39, 0.29) is 11.9 Å². The number of nitrogens with zero attached hydrogens (tertiary/aromatic N) is 2. The first kappa shape index (κ1) is 19.1. The molecule has 0 saturated heterocycles. The Morgan fingerprint density at radius 3 is 2.36 bits per heavy atom. The summed E-state index contributed by atoms with van der Waals surface area (Å²) >= 11 is 0. The molecule has 28 heavy (non-hydrogen) atoms. The van der Waals surface area contributed by atoms with Gasteiger partial charge in [-0.25, -0.2) is 4.79 Å². The van der Waals surface area contributed by atoms with Crippen LogP contribution in [-0.4, -0.2) is 30.5 Å².